The van der Waals surface area contributed by atoms with Crippen molar-refractivity contribution >= 4 is 27.3 Å². The van der Waals surface area contributed by atoms with Crippen molar-refractivity contribution in [3.8, 4) is 16.3 Å². The number of ketones is 1. The molecular formula is C17H13NO3S. The van der Waals surface area contributed by atoms with Crippen LogP contribution in [-0.4, -0.2) is 29.1 Å². The predicted octanol–water partition coefficient (Wildman–Crippen LogP) is 3.07. The van der Waals surface area contributed by atoms with Gasteiger partial charge in [-0.05, 0) is 42.0 Å². The Morgan fingerprint density at radius 1 is 1.27 bits per heavy atom. The Labute approximate surface area is 131 Å². The number of hydrogen-bond acceptors (Lipinski definition) is 5. The van der Waals surface area contributed by atoms with Crippen LogP contribution in [0.4, 0.5) is 0 Å². The Hall–Kier alpha value is -2.24. The number of fused-ring (bicyclic) bond motifs is 2. The number of aliphatic hydroxyl groups is 1. The van der Waals surface area contributed by atoms with Crippen LogP contribution < -0.4 is 4.74 Å². The van der Waals surface area contributed by atoms with Gasteiger partial charge in [0.15, 0.2) is 5.78 Å². The molecule has 1 aliphatic heterocycles. The Kier molecular flexibility index (Phi) is 3.17. The molecule has 1 aliphatic rings. The summed E-state index contributed by atoms with van der Waals surface area (Å²) in [5.74, 6) is 0.687. The van der Waals surface area contributed by atoms with Crippen LogP contribution in [-0.2, 0) is 6.42 Å². The van der Waals surface area contributed by atoms with Gasteiger partial charge in [0.1, 0.15) is 17.4 Å². The van der Waals surface area contributed by atoms with E-state index in [0.29, 0.717) is 5.56 Å². The first-order chi connectivity index (χ1) is 10.7. The highest BCUT2D eigenvalue weighted by Crippen LogP contribution is 2.34. The van der Waals surface area contributed by atoms with E-state index in [1.807, 2.05) is 18.2 Å². The van der Waals surface area contributed by atoms with Gasteiger partial charge in [-0.2, -0.15) is 0 Å². The van der Waals surface area contributed by atoms with E-state index in [-0.39, 0.29) is 5.78 Å². The number of benzene rings is 2. The molecule has 4 nitrogen and oxygen atoms in total. The van der Waals surface area contributed by atoms with E-state index in [1.54, 1.807) is 23.5 Å². The molecule has 1 aromatic heterocycles. The van der Waals surface area contributed by atoms with Gasteiger partial charge < -0.3 is 9.84 Å². The fraction of sp³-hybridized carbons (Fsp3) is 0.176. The number of thiazole rings is 1. The van der Waals surface area contributed by atoms with Gasteiger partial charge in [-0.1, -0.05) is 0 Å². The number of Topliss-reactive ketones (excluding diaryl/α,β-unsaturated/α-hetero) is 1. The molecule has 2 heterocycles. The summed E-state index contributed by atoms with van der Waals surface area (Å²) in [4.78, 5) is 16.2. The molecule has 1 N–H and O–H groups in total. The van der Waals surface area contributed by atoms with Crippen molar-refractivity contribution in [2.45, 2.75) is 6.42 Å². The maximum atomic E-state index is 11.6. The fourth-order valence-electron chi connectivity index (χ4n) is 2.63. The molecule has 0 saturated carbocycles. The van der Waals surface area contributed by atoms with Crippen LogP contribution in [0.2, 0.25) is 0 Å². The van der Waals surface area contributed by atoms with E-state index >= 15 is 0 Å². The van der Waals surface area contributed by atoms with Crippen molar-refractivity contribution in [2.75, 3.05) is 13.2 Å². The first-order valence-corrected chi connectivity index (χ1v) is 7.87. The molecular weight excluding hydrogens is 298 g/mol. The number of hydrogen-bond donors (Lipinski definition) is 1. The molecule has 0 amide bonds. The summed E-state index contributed by atoms with van der Waals surface area (Å²) in [6, 6.07) is 11.5. The summed E-state index contributed by atoms with van der Waals surface area (Å²) in [5, 5.41) is 9.89. The number of aromatic nitrogens is 1. The monoisotopic (exact) mass is 311 g/mol. The van der Waals surface area contributed by atoms with Crippen LogP contribution in [0.15, 0.2) is 36.4 Å². The Morgan fingerprint density at radius 3 is 3.05 bits per heavy atom. The molecule has 0 fully saturated rings. The number of ether oxygens (including phenoxy) is 1. The lowest BCUT2D eigenvalue weighted by Gasteiger charge is -2.00. The van der Waals surface area contributed by atoms with Gasteiger partial charge in [-0.25, -0.2) is 4.98 Å². The largest absolute Gasteiger partial charge is 0.493 e. The minimum Gasteiger partial charge on any atom is -0.493 e. The van der Waals surface area contributed by atoms with E-state index in [1.165, 1.54) is 5.56 Å². The molecule has 0 bridgehead atoms. The molecule has 0 aliphatic carbocycles. The lowest BCUT2D eigenvalue weighted by atomic mass is 10.1. The normalized spacial score (nSPS) is 13.1. The fourth-order valence-corrected chi connectivity index (χ4v) is 3.63. The molecule has 5 heteroatoms. The zero-order valence-corrected chi connectivity index (χ0v) is 12.5. The molecule has 4 rings (SSSR count). The highest BCUT2D eigenvalue weighted by Gasteiger charge is 2.15. The number of aliphatic hydroxyl groups excluding tert-OH is 1. The SMILES string of the molecule is O=C(CO)c1ccc2nc(-c3ccc4c(c3)CCO4)sc2c1. The molecule has 3 aromatic rings. The summed E-state index contributed by atoms with van der Waals surface area (Å²) < 4.78 is 6.47. The first kappa shape index (κ1) is 13.4. The molecule has 110 valence electrons. The number of carbonyl (C=O) groups excluding carboxylic acids is 1. The molecule has 2 aromatic carbocycles. The molecule has 22 heavy (non-hydrogen) atoms. The molecule has 0 spiro atoms. The second-order valence-corrected chi connectivity index (χ2v) is 6.23. The highest BCUT2D eigenvalue weighted by molar-refractivity contribution is 7.21. The molecule has 0 atom stereocenters. The van der Waals surface area contributed by atoms with Crippen LogP contribution in [0.3, 0.4) is 0 Å². The van der Waals surface area contributed by atoms with Crippen molar-refractivity contribution in [3.63, 3.8) is 0 Å². The van der Waals surface area contributed by atoms with Gasteiger partial charge in [-0.15, -0.1) is 11.3 Å². The lowest BCUT2D eigenvalue weighted by Crippen LogP contribution is -2.03. The first-order valence-electron chi connectivity index (χ1n) is 7.05. The third-order valence-corrected chi connectivity index (χ3v) is 4.86. The maximum absolute atomic E-state index is 11.6. The van der Waals surface area contributed by atoms with Gasteiger partial charge >= 0.3 is 0 Å². The molecule has 0 radical (unpaired) electrons. The van der Waals surface area contributed by atoms with E-state index in [0.717, 1.165) is 39.6 Å². The Morgan fingerprint density at radius 2 is 2.18 bits per heavy atom. The van der Waals surface area contributed by atoms with Crippen molar-refractivity contribution in [3.05, 3.63) is 47.5 Å². The minimum atomic E-state index is -0.470. The maximum Gasteiger partial charge on any atom is 0.188 e. The summed E-state index contributed by atoms with van der Waals surface area (Å²) in [6.07, 6.45) is 0.934. The van der Waals surface area contributed by atoms with E-state index in [4.69, 9.17) is 9.84 Å². The standard InChI is InChI=1S/C17H13NO3S/c19-9-14(20)10-1-3-13-16(8-10)22-17(18-13)12-2-4-15-11(7-12)5-6-21-15/h1-4,7-8,19H,5-6,9H2. The smallest absolute Gasteiger partial charge is 0.188 e. The van der Waals surface area contributed by atoms with Crippen molar-refractivity contribution in [1.29, 1.82) is 0 Å². The third kappa shape index (κ3) is 2.19. The zero-order valence-electron chi connectivity index (χ0n) is 11.7. The van der Waals surface area contributed by atoms with Crippen LogP contribution in [0.25, 0.3) is 20.8 Å². The van der Waals surface area contributed by atoms with E-state index in [2.05, 4.69) is 11.1 Å². The summed E-state index contributed by atoms with van der Waals surface area (Å²) in [5.41, 5.74) is 3.67. The van der Waals surface area contributed by atoms with Gasteiger partial charge in [0.05, 0.1) is 16.8 Å². The second-order valence-electron chi connectivity index (χ2n) is 5.20. The number of nitrogens with zero attached hydrogens (tertiary/aromatic N) is 1. The zero-order chi connectivity index (χ0) is 15.1. The Balaban J connectivity index is 1.77. The minimum absolute atomic E-state index is 0.272. The van der Waals surface area contributed by atoms with Crippen molar-refractivity contribution in [1.82, 2.24) is 4.98 Å². The summed E-state index contributed by atoms with van der Waals surface area (Å²) in [6.45, 7) is 0.271. The average Bonchev–Trinajstić information content (AvgIpc) is 3.18. The van der Waals surface area contributed by atoms with Crippen LogP contribution in [0.1, 0.15) is 15.9 Å². The average molecular weight is 311 g/mol. The highest BCUT2D eigenvalue weighted by atomic mass is 32.1. The lowest BCUT2D eigenvalue weighted by molar-refractivity contribution is 0.0904. The van der Waals surface area contributed by atoms with Crippen molar-refractivity contribution in [2.24, 2.45) is 0 Å². The Bertz CT molecular complexity index is 885. The third-order valence-electron chi connectivity index (χ3n) is 3.79. The van der Waals surface area contributed by atoms with E-state index < -0.39 is 6.61 Å². The van der Waals surface area contributed by atoms with E-state index in [9.17, 15) is 4.79 Å². The van der Waals surface area contributed by atoms with Gasteiger partial charge in [-0.3, -0.25) is 4.79 Å². The van der Waals surface area contributed by atoms with Crippen molar-refractivity contribution < 1.29 is 14.6 Å². The van der Waals surface area contributed by atoms with Crippen LogP contribution in [0, 0.1) is 0 Å². The topological polar surface area (TPSA) is 59.4 Å². The van der Waals surface area contributed by atoms with Gasteiger partial charge in [0.25, 0.3) is 0 Å². The number of rotatable bonds is 3. The molecule has 0 saturated heterocycles. The van der Waals surface area contributed by atoms with Gasteiger partial charge in [0.2, 0.25) is 0 Å². The summed E-state index contributed by atoms with van der Waals surface area (Å²) in [7, 11) is 0. The van der Waals surface area contributed by atoms with Crippen LogP contribution in [0.5, 0.6) is 5.75 Å². The predicted molar refractivity (Wildman–Crippen MR) is 85.7 cm³/mol. The number of carbonyl (C=O) groups is 1. The second kappa shape index (κ2) is 5.19. The molecule has 0 unspecified atom stereocenters. The quantitative estimate of drug-likeness (QED) is 0.755. The van der Waals surface area contributed by atoms with Crippen LogP contribution >= 0.6 is 11.3 Å². The van der Waals surface area contributed by atoms with Gasteiger partial charge in [0, 0.05) is 17.5 Å². The summed E-state index contributed by atoms with van der Waals surface area (Å²) >= 11 is 1.55.